The fourth-order valence-corrected chi connectivity index (χ4v) is 0.195. The molecule has 0 bridgehead atoms. The van der Waals surface area contributed by atoms with Crippen LogP contribution in [0, 0.1) is 6.92 Å². The highest BCUT2D eigenvalue weighted by molar-refractivity contribution is 5.85. The lowest BCUT2D eigenvalue weighted by molar-refractivity contribution is 0.0861. The molecule has 0 N–H and O–H groups in total. The first-order valence-corrected chi connectivity index (χ1v) is 2.65. The third-order valence-electron chi connectivity index (χ3n) is 0.419. The van der Waals surface area contributed by atoms with Gasteiger partial charge in [0.2, 0.25) is 0 Å². The molecule has 0 unspecified atom stereocenters. The van der Waals surface area contributed by atoms with Crippen molar-refractivity contribution < 1.29 is 4.84 Å². The lowest BCUT2D eigenvalue weighted by atomic mass is 10.5. The van der Waals surface area contributed by atoms with Gasteiger partial charge in [-0.3, -0.25) is 0 Å². The predicted molar refractivity (Wildman–Crippen MR) is 34.7 cm³/mol. The Morgan fingerprint density at radius 2 is 2.12 bits per heavy atom. The number of nitrogens with zero attached hydrogens (tertiary/aromatic N) is 1. The summed E-state index contributed by atoms with van der Waals surface area (Å²) in [6, 6.07) is 0. The van der Waals surface area contributed by atoms with Crippen LogP contribution in [0.2, 0.25) is 0 Å². The fraction of sp³-hybridized carbons (Fsp3) is 0.667. The molecule has 8 heavy (non-hydrogen) atoms. The van der Waals surface area contributed by atoms with E-state index in [9.17, 15) is 0 Å². The normalized spacial score (nSPS) is 12.4. The Balaban J connectivity index is 3.29. The maximum atomic E-state index is 4.83. The smallest absolute Gasteiger partial charge is 0.122 e. The van der Waals surface area contributed by atoms with Gasteiger partial charge < -0.3 is 4.84 Å². The molecular weight excluding hydrogens is 102 g/mol. The van der Waals surface area contributed by atoms with Crippen molar-refractivity contribution in [2.75, 3.05) is 0 Å². The van der Waals surface area contributed by atoms with Crippen LogP contribution in [-0.2, 0) is 4.84 Å². The maximum Gasteiger partial charge on any atom is 0.122 e. The maximum absolute atomic E-state index is 4.83. The van der Waals surface area contributed by atoms with Crippen LogP contribution in [0.5, 0.6) is 0 Å². The molecule has 0 amide bonds. The zero-order valence-electron chi connectivity index (χ0n) is 5.64. The molecule has 0 aromatic heterocycles. The van der Waals surface area contributed by atoms with Gasteiger partial charge >= 0.3 is 0 Å². The van der Waals surface area contributed by atoms with Crippen molar-refractivity contribution in [3.05, 3.63) is 6.92 Å². The largest absolute Gasteiger partial charge is 0.393 e. The van der Waals surface area contributed by atoms with Crippen molar-refractivity contribution in [3.8, 4) is 0 Å². The minimum absolute atomic E-state index is 0.159. The van der Waals surface area contributed by atoms with Gasteiger partial charge in [-0.2, -0.15) is 0 Å². The van der Waals surface area contributed by atoms with Crippen LogP contribution in [0.25, 0.3) is 0 Å². The molecule has 0 saturated carbocycles. The topological polar surface area (TPSA) is 21.6 Å². The number of hydrogen-bond donors (Lipinski definition) is 0. The van der Waals surface area contributed by atoms with Crippen molar-refractivity contribution in [1.29, 1.82) is 0 Å². The molecule has 0 aliphatic rings. The van der Waals surface area contributed by atoms with Crippen LogP contribution in [0.1, 0.15) is 20.8 Å². The van der Waals surface area contributed by atoms with E-state index < -0.39 is 0 Å². The molecule has 47 valence electrons. The highest BCUT2D eigenvalue weighted by atomic mass is 16.6. The average molecular weight is 114 g/mol. The number of hydrogen-bond acceptors (Lipinski definition) is 2. The molecule has 0 fully saturated rings. The first kappa shape index (κ1) is 7.47. The fourth-order valence-electron chi connectivity index (χ4n) is 0.195. The second-order valence-corrected chi connectivity index (χ2v) is 1.98. The third kappa shape index (κ3) is 5.47. The summed E-state index contributed by atoms with van der Waals surface area (Å²) < 4.78 is 0. The first-order valence-electron chi connectivity index (χ1n) is 2.65. The molecule has 0 spiro atoms. The lowest BCUT2D eigenvalue weighted by Gasteiger charge is -2.00. The number of oxime groups is 1. The zero-order valence-corrected chi connectivity index (χ0v) is 5.64. The average Bonchev–Trinajstić information content (AvgIpc) is 1.61. The third-order valence-corrected chi connectivity index (χ3v) is 0.419. The van der Waals surface area contributed by atoms with E-state index in [0.29, 0.717) is 5.71 Å². The van der Waals surface area contributed by atoms with Crippen molar-refractivity contribution >= 4 is 5.71 Å². The van der Waals surface area contributed by atoms with Gasteiger partial charge in [0.05, 0.1) is 5.71 Å². The van der Waals surface area contributed by atoms with Crippen molar-refractivity contribution in [2.24, 2.45) is 5.16 Å². The van der Waals surface area contributed by atoms with E-state index in [4.69, 9.17) is 4.84 Å². The van der Waals surface area contributed by atoms with Crippen LogP contribution in [-0.4, -0.2) is 11.8 Å². The van der Waals surface area contributed by atoms with Gasteiger partial charge in [0.15, 0.2) is 0 Å². The summed E-state index contributed by atoms with van der Waals surface area (Å²) >= 11 is 0. The van der Waals surface area contributed by atoms with E-state index in [1.807, 2.05) is 13.8 Å². The van der Waals surface area contributed by atoms with Gasteiger partial charge in [-0.15, -0.1) is 0 Å². The summed E-state index contributed by atoms with van der Waals surface area (Å²) in [4.78, 5) is 4.83. The summed E-state index contributed by atoms with van der Waals surface area (Å²) in [6.45, 7) is 9.18. The molecule has 0 aromatic carbocycles. The van der Waals surface area contributed by atoms with Crippen molar-refractivity contribution in [2.45, 2.75) is 26.9 Å². The van der Waals surface area contributed by atoms with Crippen LogP contribution >= 0.6 is 0 Å². The molecule has 2 heteroatoms. The Morgan fingerprint density at radius 3 is 2.25 bits per heavy atom. The van der Waals surface area contributed by atoms with Crippen molar-refractivity contribution in [1.82, 2.24) is 0 Å². The quantitative estimate of drug-likeness (QED) is 0.395. The van der Waals surface area contributed by atoms with E-state index in [1.165, 1.54) is 0 Å². The summed E-state index contributed by atoms with van der Waals surface area (Å²) in [7, 11) is 0. The van der Waals surface area contributed by atoms with E-state index >= 15 is 0 Å². The van der Waals surface area contributed by atoms with Crippen LogP contribution < -0.4 is 0 Å². The zero-order chi connectivity index (χ0) is 6.57. The van der Waals surface area contributed by atoms with Gasteiger partial charge in [-0.05, 0) is 27.7 Å². The minimum Gasteiger partial charge on any atom is -0.393 e. The predicted octanol–water partition coefficient (Wildman–Crippen LogP) is 1.62. The van der Waals surface area contributed by atoms with Crippen LogP contribution in [0.4, 0.5) is 0 Å². The summed E-state index contributed by atoms with van der Waals surface area (Å²) in [6.07, 6.45) is 0.159. The summed E-state index contributed by atoms with van der Waals surface area (Å²) in [5.74, 6) is 0. The Kier molecular flexibility index (Phi) is 3.24. The van der Waals surface area contributed by atoms with E-state index in [-0.39, 0.29) is 6.10 Å². The van der Waals surface area contributed by atoms with E-state index in [0.717, 1.165) is 0 Å². The molecule has 0 saturated heterocycles. The lowest BCUT2D eigenvalue weighted by Crippen LogP contribution is -1.97. The highest BCUT2D eigenvalue weighted by Gasteiger charge is 1.86. The molecule has 0 rings (SSSR count). The monoisotopic (exact) mass is 114 g/mol. The highest BCUT2D eigenvalue weighted by Crippen LogP contribution is 1.87. The summed E-state index contributed by atoms with van der Waals surface area (Å²) in [5.41, 5.74) is 0.707. The van der Waals surface area contributed by atoms with E-state index in [2.05, 4.69) is 12.1 Å². The van der Waals surface area contributed by atoms with Gasteiger partial charge in [0, 0.05) is 0 Å². The number of rotatable bonds is 2. The molecule has 0 atom stereocenters. The molecular formula is C6H12NO. The van der Waals surface area contributed by atoms with Crippen molar-refractivity contribution in [3.63, 3.8) is 0 Å². The Morgan fingerprint density at radius 1 is 1.62 bits per heavy atom. The van der Waals surface area contributed by atoms with Gasteiger partial charge in [0.1, 0.15) is 6.10 Å². The SMILES string of the molecule is [CH2]C(C)=NOC(C)C. The summed E-state index contributed by atoms with van der Waals surface area (Å²) in [5, 5.41) is 3.63. The Labute approximate surface area is 50.5 Å². The van der Waals surface area contributed by atoms with Crippen LogP contribution in [0.3, 0.4) is 0 Å². The van der Waals surface area contributed by atoms with Gasteiger partial charge in [-0.1, -0.05) is 5.16 Å². The molecule has 0 aliphatic heterocycles. The molecule has 1 radical (unpaired) electrons. The standard InChI is InChI=1S/C6H12NO/c1-5(2)7-8-6(3)4/h6H,1H2,2-4H3. The molecule has 0 aliphatic carbocycles. The second kappa shape index (κ2) is 3.47. The molecule has 0 aromatic rings. The van der Waals surface area contributed by atoms with Gasteiger partial charge in [-0.25, -0.2) is 0 Å². The first-order chi connectivity index (χ1) is 3.63. The molecule has 2 nitrogen and oxygen atoms in total. The Bertz CT molecular complexity index is 82.5. The van der Waals surface area contributed by atoms with E-state index in [1.54, 1.807) is 6.92 Å². The van der Waals surface area contributed by atoms with Crippen LogP contribution in [0.15, 0.2) is 5.16 Å². The Hall–Kier alpha value is -0.530. The van der Waals surface area contributed by atoms with Gasteiger partial charge in [0.25, 0.3) is 0 Å². The minimum atomic E-state index is 0.159. The molecule has 0 heterocycles. The second-order valence-electron chi connectivity index (χ2n) is 1.98.